The first-order valence-electron chi connectivity index (χ1n) is 6.87. The number of hydrogen-bond donors (Lipinski definition) is 4. The van der Waals surface area contributed by atoms with Crippen molar-refractivity contribution in [3.8, 4) is 0 Å². The van der Waals surface area contributed by atoms with Crippen LogP contribution in [0.3, 0.4) is 0 Å². The predicted molar refractivity (Wildman–Crippen MR) is 86.3 cm³/mol. The maximum atomic E-state index is 10.4. The average molecular weight is 461 g/mol. The molecule has 0 bridgehead atoms. The first-order chi connectivity index (χ1) is 10.8. The quantitative estimate of drug-likeness (QED) is 0.419. The van der Waals surface area contributed by atoms with E-state index < -0.39 is 59.4 Å². The highest BCUT2D eigenvalue weighted by Gasteiger charge is 2.57. The second-order valence-electron chi connectivity index (χ2n) is 5.41. The van der Waals surface area contributed by atoms with E-state index in [-0.39, 0.29) is 11.8 Å². The van der Waals surface area contributed by atoms with Crippen molar-refractivity contribution >= 4 is 50.7 Å². The van der Waals surface area contributed by atoms with Gasteiger partial charge in [0.2, 0.25) is 5.79 Å². The number of rotatable bonds is 5. The molecular formula is C12H18BrCl3O7. The minimum absolute atomic E-state index is 0.0781. The van der Waals surface area contributed by atoms with E-state index in [9.17, 15) is 20.4 Å². The van der Waals surface area contributed by atoms with Gasteiger partial charge in [0.1, 0.15) is 24.4 Å². The third-order valence-electron chi connectivity index (χ3n) is 3.91. The van der Waals surface area contributed by atoms with Gasteiger partial charge in [-0.05, 0) is 0 Å². The Balaban J connectivity index is 2.18. The largest absolute Gasteiger partial charge is 0.394 e. The van der Waals surface area contributed by atoms with Crippen molar-refractivity contribution in [2.24, 2.45) is 0 Å². The molecule has 0 radical (unpaired) electrons. The molecule has 0 aromatic rings. The molecule has 0 unspecified atom stereocenters. The molecule has 0 aliphatic carbocycles. The van der Waals surface area contributed by atoms with E-state index in [2.05, 4.69) is 15.9 Å². The smallest absolute Gasteiger partial charge is 0.212 e. The van der Waals surface area contributed by atoms with Gasteiger partial charge in [0, 0.05) is 5.88 Å². The van der Waals surface area contributed by atoms with Gasteiger partial charge in [0.15, 0.2) is 6.29 Å². The Morgan fingerprint density at radius 3 is 2.26 bits per heavy atom. The van der Waals surface area contributed by atoms with Gasteiger partial charge in [0.25, 0.3) is 0 Å². The Labute approximate surface area is 156 Å². The summed E-state index contributed by atoms with van der Waals surface area (Å²) in [7, 11) is 0. The van der Waals surface area contributed by atoms with Gasteiger partial charge in [-0.3, -0.25) is 0 Å². The van der Waals surface area contributed by atoms with E-state index in [0.717, 1.165) is 0 Å². The minimum atomic E-state index is -1.69. The van der Waals surface area contributed by atoms with Gasteiger partial charge >= 0.3 is 0 Å². The van der Waals surface area contributed by atoms with E-state index in [1.165, 1.54) is 0 Å². The second kappa shape index (κ2) is 8.18. The van der Waals surface area contributed by atoms with Crippen molar-refractivity contribution in [3.63, 3.8) is 0 Å². The van der Waals surface area contributed by atoms with E-state index >= 15 is 0 Å². The molecule has 7 nitrogen and oxygen atoms in total. The lowest BCUT2D eigenvalue weighted by molar-refractivity contribution is -0.357. The van der Waals surface area contributed by atoms with Gasteiger partial charge in [0.05, 0.1) is 28.8 Å². The van der Waals surface area contributed by atoms with E-state index in [1.54, 1.807) is 0 Å². The van der Waals surface area contributed by atoms with Crippen molar-refractivity contribution in [1.29, 1.82) is 0 Å². The molecule has 0 aromatic carbocycles. The fourth-order valence-electron chi connectivity index (χ4n) is 2.53. The molecule has 4 N–H and O–H groups in total. The summed E-state index contributed by atoms with van der Waals surface area (Å²) in [5.74, 6) is -1.89. The minimum Gasteiger partial charge on any atom is -0.394 e. The lowest BCUT2D eigenvalue weighted by Gasteiger charge is -2.43. The molecule has 2 saturated heterocycles. The predicted octanol–water partition coefficient (Wildman–Crippen LogP) is -0.254. The van der Waals surface area contributed by atoms with Crippen LogP contribution < -0.4 is 0 Å². The molecule has 2 heterocycles. The van der Waals surface area contributed by atoms with Crippen molar-refractivity contribution < 1.29 is 34.6 Å². The average Bonchev–Trinajstić information content (AvgIpc) is 2.80. The summed E-state index contributed by atoms with van der Waals surface area (Å²) >= 11 is 20.8. The Hall–Kier alpha value is 1.07. The van der Waals surface area contributed by atoms with Gasteiger partial charge in [-0.15, -0.1) is 34.8 Å². The molecule has 2 aliphatic heterocycles. The molecule has 136 valence electrons. The highest BCUT2D eigenvalue weighted by Crippen LogP contribution is 2.40. The van der Waals surface area contributed by atoms with Crippen LogP contribution in [-0.4, -0.2) is 91.6 Å². The van der Waals surface area contributed by atoms with Crippen LogP contribution in [0.25, 0.3) is 0 Å². The maximum absolute atomic E-state index is 10.4. The summed E-state index contributed by atoms with van der Waals surface area (Å²) in [5.41, 5.74) is 0. The highest BCUT2D eigenvalue weighted by atomic mass is 79.9. The molecule has 23 heavy (non-hydrogen) atoms. The lowest BCUT2D eigenvalue weighted by atomic mass is 10.0. The Kier molecular flexibility index (Phi) is 7.25. The zero-order valence-corrected chi connectivity index (χ0v) is 15.6. The standard InChI is InChI=1S/C12H18BrCl3O7/c13-6-4(1-14)22-12(3-15,10(6)20)23-11-9(19)8(18)7(16)5(2-17)21-11/h4-11,17-20H,1-3H2/t4-,5-,6+,7+,8+,9-,10+,11-,12+/m1/s1. The molecule has 0 amide bonds. The molecular weight excluding hydrogens is 442 g/mol. The number of halogens is 4. The molecule has 11 heteroatoms. The molecule has 2 aliphatic rings. The van der Waals surface area contributed by atoms with Crippen LogP contribution in [0.5, 0.6) is 0 Å². The van der Waals surface area contributed by atoms with Crippen LogP contribution >= 0.6 is 50.7 Å². The Morgan fingerprint density at radius 2 is 1.78 bits per heavy atom. The van der Waals surface area contributed by atoms with Crippen LogP contribution in [0, 0.1) is 0 Å². The van der Waals surface area contributed by atoms with Crippen molar-refractivity contribution in [3.05, 3.63) is 0 Å². The number of hydrogen-bond acceptors (Lipinski definition) is 7. The number of alkyl halides is 4. The summed E-state index contributed by atoms with van der Waals surface area (Å²) in [4.78, 5) is -0.543. The molecule has 9 atom stereocenters. The van der Waals surface area contributed by atoms with Crippen molar-refractivity contribution in [2.45, 2.75) is 52.8 Å². The molecule has 0 aromatic heterocycles. The first kappa shape index (κ1) is 20.4. The lowest BCUT2D eigenvalue weighted by Crippen LogP contribution is -2.61. The van der Waals surface area contributed by atoms with Gasteiger partial charge < -0.3 is 34.6 Å². The van der Waals surface area contributed by atoms with E-state index in [1.807, 2.05) is 0 Å². The number of ether oxygens (including phenoxy) is 3. The molecule has 2 fully saturated rings. The monoisotopic (exact) mass is 458 g/mol. The zero-order valence-electron chi connectivity index (χ0n) is 11.8. The third-order valence-corrected chi connectivity index (χ3v) is 6.22. The summed E-state index contributed by atoms with van der Waals surface area (Å²) in [6, 6.07) is 0. The molecule has 0 saturated carbocycles. The van der Waals surface area contributed by atoms with E-state index in [0.29, 0.717) is 0 Å². The summed E-state index contributed by atoms with van der Waals surface area (Å²) in [5, 5.41) is 38.6. The number of aliphatic hydroxyl groups is 4. The third kappa shape index (κ3) is 3.78. The summed E-state index contributed by atoms with van der Waals surface area (Å²) < 4.78 is 16.5. The van der Waals surface area contributed by atoms with Gasteiger partial charge in [-0.1, -0.05) is 15.9 Å². The Morgan fingerprint density at radius 1 is 1.13 bits per heavy atom. The highest BCUT2D eigenvalue weighted by molar-refractivity contribution is 9.09. The van der Waals surface area contributed by atoms with Crippen LogP contribution in [0.1, 0.15) is 0 Å². The first-order valence-corrected chi connectivity index (χ1v) is 9.29. The zero-order chi connectivity index (χ0) is 17.4. The van der Waals surface area contributed by atoms with Gasteiger partial charge in [-0.2, -0.15) is 0 Å². The number of aliphatic hydroxyl groups excluding tert-OH is 4. The topological polar surface area (TPSA) is 109 Å². The normalized spacial score (nSPS) is 51.1. The van der Waals surface area contributed by atoms with Crippen LogP contribution in [0.15, 0.2) is 0 Å². The summed E-state index contributed by atoms with van der Waals surface area (Å²) in [6.07, 6.45) is -7.06. The van der Waals surface area contributed by atoms with Crippen LogP contribution in [-0.2, 0) is 14.2 Å². The summed E-state index contributed by atoms with van der Waals surface area (Å²) in [6.45, 7) is -0.486. The SMILES string of the molecule is OC[C@H]1O[C@H](O[C@]2(CCl)O[C@H](CCl)[C@H](Br)[C@@H]2O)[C@H](O)[C@@H](O)[C@H]1Cl. The molecule has 2 rings (SSSR count). The van der Waals surface area contributed by atoms with Crippen molar-refractivity contribution in [1.82, 2.24) is 0 Å². The fraction of sp³-hybridized carbons (Fsp3) is 1.00. The Bertz CT molecular complexity index is 407. The van der Waals surface area contributed by atoms with E-state index in [4.69, 9.17) is 49.0 Å². The van der Waals surface area contributed by atoms with Crippen LogP contribution in [0.2, 0.25) is 0 Å². The maximum Gasteiger partial charge on any atom is 0.212 e. The van der Waals surface area contributed by atoms with Crippen LogP contribution in [0.4, 0.5) is 0 Å². The molecule has 0 spiro atoms. The fourth-order valence-corrected chi connectivity index (χ4v) is 4.27. The van der Waals surface area contributed by atoms with Crippen molar-refractivity contribution in [2.75, 3.05) is 18.4 Å². The second-order valence-corrected chi connectivity index (χ2v) is 7.55. The van der Waals surface area contributed by atoms with Gasteiger partial charge in [-0.25, -0.2) is 0 Å².